The molecule has 5 heteroatoms. The van der Waals surface area contributed by atoms with E-state index in [2.05, 4.69) is 5.16 Å². The van der Waals surface area contributed by atoms with Crippen LogP contribution in [0.5, 0.6) is 0 Å². The number of carbonyl (C=O) groups is 1. The van der Waals surface area contributed by atoms with Crippen LogP contribution in [-0.4, -0.2) is 23.4 Å². The van der Waals surface area contributed by atoms with Crippen LogP contribution in [0.3, 0.4) is 0 Å². The highest BCUT2D eigenvalue weighted by Gasteiger charge is 2.23. The van der Waals surface area contributed by atoms with Crippen LogP contribution in [0.2, 0.25) is 0 Å². The fourth-order valence-corrected chi connectivity index (χ4v) is 2.28. The summed E-state index contributed by atoms with van der Waals surface area (Å²) in [6.45, 7) is 5.74. The number of carbonyl (C=O) groups excluding carboxylic acids is 1. The van der Waals surface area contributed by atoms with Gasteiger partial charge in [0, 0.05) is 0 Å². The minimum atomic E-state index is -0.264. The van der Waals surface area contributed by atoms with E-state index < -0.39 is 0 Å². The number of hydrogen-bond donors (Lipinski definition) is 1. The molecule has 0 unspecified atom stereocenters. The normalized spacial score (nSPS) is 11.5. The van der Waals surface area contributed by atoms with Gasteiger partial charge in [-0.15, -0.1) is 0 Å². The molecule has 1 aromatic carbocycles. The lowest BCUT2D eigenvalue weighted by Crippen LogP contribution is -2.36. The number of hydrogen-bond acceptors (Lipinski definition) is 4. The predicted molar refractivity (Wildman–Crippen MR) is 81.2 cm³/mol. The molecule has 2 rings (SSSR count). The number of furan rings is 1. The largest absolute Gasteiger partial charge is 0.459 e. The van der Waals surface area contributed by atoms with Gasteiger partial charge in [-0.05, 0) is 44.0 Å². The summed E-state index contributed by atoms with van der Waals surface area (Å²) in [5, 5.41) is 12.1. The highest BCUT2D eigenvalue weighted by atomic mass is 16.4. The molecular weight excluding hydrogens is 268 g/mol. The van der Waals surface area contributed by atoms with Crippen molar-refractivity contribution in [3.63, 3.8) is 0 Å². The van der Waals surface area contributed by atoms with Crippen molar-refractivity contribution in [2.24, 2.45) is 5.16 Å². The molecule has 1 amide bonds. The molecule has 0 radical (unpaired) electrons. The van der Waals surface area contributed by atoms with Crippen molar-refractivity contribution in [1.29, 1.82) is 0 Å². The second-order valence-corrected chi connectivity index (χ2v) is 4.94. The van der Waals surface area contributed by atoms with Crippen molar-refractivity contribution in [3.8, 4) is 0 Å². The van der Waals surface area contributed by atoms with E-state index in [1.807, 2.05) is 32.0 Å². The molecule has 0 saturated carbocycles. The summed E-state index contributed by atoms with van der Waals surface area (Å²) < 4.78 is 5.20. The predicted octanol–water partition coefficient (Wildman–Crippen LogP) is 3.39. The number of benzene rings is 1. The van der Waals surface area contributed by atoms with Gasteiger partial charge < -0.3 is 9.62 Å². The Morgan fingerprint density at radius 1 is 1.24 bits per heavy atom. The Balaban J connectivity index is 2.48. The van der Waals surface area contributed by atoms with Crippen molar-refractivity contribution < 1.29 is 14.4 Å². The van der Waals surface area contributed by atoms with Gasteiger partial charge in [-0.1, -0.05) is 23.4 Å². The van der Waals surface area contributed by atoms with E-state index in [0.717, 1.165) is 16.8 Å². The molecule has 0 bridgehead atoms. The summed E-state index contributed by atoms with van der Waals surface area (Å²) in [6, 6.07) is 9.11. The van der Waals surface area contributed by atoms with E-state index >= 15 is 0 Å². The lowest BCUT2D eigenvalue weighted by Gasteiger charge is -2.25. The average molecular weight is 286 g/mol. The molecule has 0 aliphatic heterocycles. The van der Waals surface area contributed by atoms with E-state index in [0.29, 0.717) is 5.71 Å². The monoisotopic (exact) mass is 286 g/mol. The molecule has 1 heterocycles. The molecule has 5 nitrogen and oxygen atoms in total. The Morgan fingerprint density at radius 2 is 1.90 bits per heavy atom. The number of aryl methyl sites for hydroxylation is 2. The smallest absolute Gasteiger partial charge is 0.294 e. The quantitative estimate of drug-likeness (QED) is 0.532. The van der Waals surface area contributed by atoms with Gasteiger partial charge in [-0.2, -0.15) is 0 Å². The van der Waals surface area contributed by atoms with Crippen LogP contribution in [0.4, 0.5) is 5.69 Å². The Morgan fingerprint density at radius 3 is 2.43 bits per heavy atom. The molecule has 1 aromatic heterocycles. The van der Waals surface area contributed by atoms with Crippen molar-refractivity contribution in [2.75, 3.05) is 11.4 Å². The summed E-state index contributed by atoms with van der Waals surface area (Å²) in [5.74, 6) is -0.0104. The summed E-state index contributed by atoms with van der Waals surface area (Å²) in [4.78, 5) is 14.2. The SMILES string of the molecule is CC(CN(C(=O)c1ccco1)c1c(C)cccc1C)=NO. The van der Waals surface area contributed by atoms with Crippen LogP contribution >= 0.6 is 0 Å². The van der Waals surface area contributed by atoms with Crippen molar-refractivity contribution >= 4 is 17.3 Å². The van der Waals surface area contributed by atoms with Gasteiger partial charge in [0.15, 0.2) is 5.76 Å². The maximum absolute atomic E-state index is 12.7. The first-order valence-corrected chi connectivity index (χ1v) is 6.63. The number of para-hydroxylation sites is 1. The molecule has 110 valence electrons. The third-order valence-electron chi connectivity index (χ3n) is 3.24. The molecule has 0 saturated heterocycles. The van der Waals surface area contributed by atoms with Crippen molar-refractivity contribution in [1.82, 2.24) is 0 Å². The molecule has 0 atom stereocenters. The lowest BCUT2D eigenvalue weighted by atomic mass is 10.1. The molecule has 0 aliphatic rings. The first-order valence-electron chi connectivity index (χ1n) is 6.63. The summed E-state index contributed by atoms with van der Waals surface area (Å²) >= 11 is 0. The zero-order valence-corrected chi connectivity index (χ0v) is 12.3. The van der Waals surface area contributed by atoms with E-state index in [1.54, 1.807) is 24.0 Å². The standard InChI is InChI=1S/C16H18N2O3/c1-11-6-4-7-12(2)15(11)18(10-13(3)17-20)16(19)14-8-5-9-21-14/h4-9,20H,10H2,1-3H3. The average Bonchev–Trinajstić information content (AvgIpc) is 2.99. The van der Waals surface area contributed by atoms with Crippen molar-refractivity contribution in [3.05, 3.63) is 53.5 Å². The lowest BCUT2D eigenvalue weighted by molar-refractivity contribution is 0.0963. The van der Waals surface area contributed by atoms with Crippen LogP contribution in [0.1, 0.15) is 28.6 Å². The zero-order valence-electron chi connectivity index (χ0n) is 12.3. The van der Waals surface area contributed by atoms with E-state index in [9.17, 15) is 4.79 Å². The summed E-state index contributed by atoms with van der Waals surface area (Å²) in [5.41, 5.74) is 3.20. The van der Waals surface area contributed by atoms with Crippen LogP contribution < -0.4 is 4.90 Å². The van der Waals surface area contributed by atoms with Crippen LogP contribution in [0.25, 0.3) is 0 Å². The number of nitrogens with zero attached hydrogens (tertiary/aromatic N) is 2. The van der Waals surface area contributed by atoms with Gasteiger partial charge >= 0.3 is 0 Å². The first-order chi connectivity index (χ1) is 10.0. The molecule has 0 spiro atoms. The van der Waals surface area contributed by atoms with Gasteiger partial charge in [-0.3, -0.25) is 9.69 Å². The molecule has 21 heavy (non-hydrogen) atoms. The Kier molecular flexibility index (Phi) is 4.42. The topological polar surface area (TPSA) is 66.0 Å². The Hall–Kier alpha value is -2.56. The molecule has 1 N–H and O–H groups in total. The highest BCUT2D eigenvalue weighted by molar-refractivity contribution is 6.08. The van der Waals surface area contributed by atoms with Gasteiger partial charge in [0.1, 0.15) is 0 Å². The molecule has 0 fully saturated rings. The van der Waals surface area contributed by atoms with Crippen molar-refractivity contribution in [2.45, 2.75) is 20.8 Å². The zero-order chi connectivity index (χ0) is 15.4. The molecular formula is C16H18N2O3. The van der Waals surface area contributed by atoms with Gasteiger partial charge in [0.2, 0.25) is 0 Å². The van der Waals surface area contributed by atoms with Gasteiger partial charge in [0.25, 0.3) is 5.91 Å². The fourth-order valence-electron chi connectivity index (χ4n) is 2.28. The van der Waals surface area contributed by atoms with Gasteiger partial charge in [0.05, 0.1) is 24.2 Å². The summed E-state index contributed by atoms with van der Waals surface area (Å²) in [6.07, 6.45) is 1.46. The van der Waals surface area contributed by atoms with Crippen LogP contribution in [-0.2, 0) is 0 Å². The minimum absolute atomic E-state index is 0.196. The summed E-state index contributed by atoms with van der Waals surface area (Å²) in [7, 11) is 0. The first kappa shape index (κ1) is 14.8. The van der Waals surface area contributed by atoms with Crippen LogP contribution in [0, 0.1) is 13.8 Å². The number of anilines is 1. The second-order valence-electron chi connectivity index (χ2n) is 4.94. The number of rotatable bonds is 4. The van der Waals surface area contributed by atoms with Gasteiger partial charge in [-0.25, -0.2) is 0 Å². The fraction of sp³-hybridized carbons (Fsp3) is 0.250. The maximum atomic E-state index is 12.7. The highest BCUT2D eigenvalue weighted by Crippen LogP contribution is 2.26. The Labute approximate surface area is 123 Å². The molecule has 2 aromatic rings. The van der Waals surface area contributed by atoms with E-state index in [-0.39, 0.29) is 18.2 Å². The molecule has 0 aliphatic carbocycles. The van der Waals surface area contributed by atoms with E-state index in [4.69, 9.17) is 9.62 Å². The third-order valence-corrected chi connectivity index (χ3v) is 3.24. The number of amides is 1. The van der Waals surface area contributed by atoms with Crippen LogP contribution in [0.15, 0.2) is 46.2 Å². The third kappa shape index (κ3) is 3.13. The maximum Gasteiger partial charge on any atom is 0.294 e. The second kappa shape index (κ2) is 6.26. The van der Waals surface area contributed by atoms with E-state index in [1.165, 1.54) is 6.26 Å². The minimum Gasteiger partial charge on any atom is -0.459 e. The Bertz CT molecular complexity index is 640. The number of oxime groups is 1.